The van der Waals surface area contributed by atoms with E-state index in [1.807, 2.05) is 13.8 Å². The van der Waals surface area contributed by atoms with Crippen LogP contribution < -0.4 is 5.32 Å². The van der Waals surface area contributed by atoms with Gasteiger partial charge in [0, 0.05) is 29.8 Å². The third-order valence-electron chi connectivity index (χ3n) is 5.30. The van der Waals surface area contributed by atoms with Gasteiger partial charge in [-0.05, 0) is 41.4 Å². The smallest absolute Gasteiger partial charge is 0.253 e. The van der Waals surface area contributed by atoms with E-state index in [0.717, 1.165) is 0 Å². The van der Waals surface area contributed by atoms with Crippen LogP contribution in [0, 0.1) is 5.82 Å². The molecule has 1 amide bonds. The van der Waals surface area contributed by atoms with Gasteiger partial charge in [-0.25, -0.2) is 14.1 Å². The molecular formula is C21H16BrFN6O2. The normalized spacial score (nSPS) is 14.5. The molecular weight excluding hydrogens is 467 g/mol. The minimum atomic E-state index is -0.751. The minimum Gasteiger partial charge on any atom is -0.364 e. The van der Waals surface area contributed by atoms with Crippen molar-refractivity contribution in [1.82, 2.24) is 24.9 Å². The van der Waals surface area contributed by atoms with Crippen LogP contribution in [0.5, 0.6) is 0 Å². The fraction of sp³-hybridized carbons (Fsp3) is 0.190. The Bertz CT molecular complexity index is 1320. The van der Waals surface area contributed by atoms with Crippen LogP contribution in [-0.4, -0.2) is 30.8 Å². The van der Waals surface area contributed by atoms with Gasteiger partial charge in [0.05, 0.1) is 11.1 Å². The Morgan fingerprint density at radius 2 is 2.03 bits per heavy atom. The van der Waals surface area contributed by atoms with Crippen LogP contribution >= 0.6 is 15.9 Å². The summed E-state index contributed by atoms with van der Waals surface area (Å²) in [4.78, 5) is 21.3. The van der Waals surface area contributed by atoms with E-state index >= 15 is 0 Å². The van der Waals surface area contributed by atoms with Gasteiger partial charge in [-0.1, -0.05) is 23.4 Å². The summed E-state index contributed by atoms with van der Waals surface area (Å²) >= 11 is 3.46. The maximum atomic E-state index is 14.3. The molecule has 10 heteroatoms. The highest BCUT2D eigenvalue weighted by molar-refractivity contribution is 9.10. The number of aromatic nitrogens is 5. The maximum Gasteiger partial charge on any atom is 0.253 e. The monoisotopic (exact) mass is 482 g/mol. The van der Waals surface area contributed by atoms with Crippen molar-refractivity contribution in [2.24, 2.45) is 0 Å². The average Bonchev–Trinajstić information content (AvgIpc) is 3.43. The summed E-state index contributed by atoms with van der Waals surface area (Å²) in [6.45, 7) is 3.62. The molecule has 0 saturated heterocycles. The van der Waals surface area contributed by atoms with E-state index in [-0.39, 0.29) is 24.1 Å². The van der Waals surface area contributed by atoms with Crippen LogP contribution in [0.25, 0.3) is 17.2 Å². The maximum absolute atomic E-state index is 14.3. The van der Waals surface area contributed by atoms with E-state index < -0.39 is 5.41 Å². The van der Waals surface area contributed by atoms with Crippen LogP contribution in [-0.2, 0) is 16.6 Å². The van der Waals surface area contributed by atoms with Crippen LogP contribution in [0.3, 0.4) is 0 Å². The van der Waals surface area contributed by atoms with Crippen molar-refractivity contribution in [2.75, 3.05) is 5.32 Å². The number of rotatable bonds is 4. The standard InChI is InChI=1S/C21H16BrFN6O2/c1-21(2)16-17(22)24-20(26-18(16)25-19(21)30)29-10-12(14-7-8-31-28-14)15(27-29)9-11-5-3-4-6-13(11)23/h3-8,10H,9H2,1-2H3,(H,24,25,26,30). The van der Waals surface area contributed by atoms with Gasteiger partial charge in [0.25, 0.3) is 5.95 Å². The summed E-state index contributed by atoms with van der Waals surface area (Å²) in [6, 6.07) is 8.24. The first-order chi connectivity index (χ1) is 14.8. The predicted octanol–water partition coefficient (Wildman–Crippen LogP) is 4.04. The van der Waals surface area contributed by atoms with E-state index in [4.69, 9.17) is 4.52 Å². The molecule has 1 aromatic carbocycles. The summed E-state index contributed by atoms with van der Waals surface area (Å²) in [6.07, 6.45) is 3.42. The molecule has 4 heterocycles. The van der Waals surface area contributed by atoms with E-state index in [9.17, 15) is 9.18 Å². The van der Waals surface area contributed by atoms with E-state index in [1.165, 1.54) is 17.0 Å². The molecule has 0 unspecified atom stereocenters. The second-order valence-electron chi connectivity index (χ2n) is 7.70. The number of carbonyl (C=O) groups excluding carboxylic acids is 1. The van der Waals surface area contributed by atoms with Crippen molar-refractivity contribution in [3.63, 3.8) is 0 Å². The number of anilines is 1. The first-order valence-corrected chi connectivity index (χ1v) is 10.3. The van der Waals surface area contributed by atoms with Crippen molar-refractivity contribution < 1.29 is 13.7 Å². The number of nitrogens with zero attached hydrogens (tertiary/aromatic N) is 5. The van der Waals surface area contributed by atoms with Gasteiger partial charge in [0.1, 0.15) is 28.2 Å². The number of amides is 1. The highest BCUT2D eigenvalue weighted by Crippen LogP contribution is 2.40. The highest BCUT2D eigenvalue weighted by Gasteiger charge is 2.42. The molecule has 5 rings (SSSR count). The molecule has 8 nitrogen and oxygen atoms in total. The fourth-order valence-corrected chi connectivity index (χ4v) is 4.42. The van der Waals surface area contributed by atoms with Gasteiger partial charge in [0.2, 0.25) is 5.91 Å². The van der Waals surface area contributed by atoms with Gasteiger partial charge < -0.3 is 9.84 Å². The number of hydrogen-bond acceptors (Lipinski definition) is 6. The third-order valence-corrected chi connectivity index (χ3v) is 5.88. The van der Waals surface area contributed by atoms with Gasteiger partial charge in [-0.15, -0.1) is 0 Å². The van der Waals surface area contributed by atoms with Crippen LogP contribution in [0.15, 0.2) is 51.9 Å². The Kier molecular flexibility index (Phi) is 4.47. The summed E-state index contributed by atoms with van der Waals surface area (Å²) in [5.74, 6) is 0.220. The predicted molar refractivity (Wildman–Crippen MR) is 113 cm³/mol. The lowest BCUT2D eigenvalue weighted by Gasteiger charge is -2.15. The second kappa shape index (κ2) is 7.09. The third kappa shape index (κ3) is 3.23. The molecule has 0 atom stereocenters. The number of nitrogens with one attached hydrogen (secondary N) is 1. The highest BCUT2D eigenvalue weighted by atomic mass is 79.9. The number of hydrogen-bond donors (Lipinski definition) is 1. The largest absolute Gasteiger partial charge is 0.364 e. The molecule has 3 aromatic heterocycles. The van der Waals surface area contributed by atoms with Gasteiger partial charge in [-0.3, -0.25) is 4.79 Å². The molecule has 0 bridgehead atoms. The Labute approximate surface area is 184 Å². The van der Waals surface area contributed by atoms with Crippen LogP contribution in [0.4, 0.5) is 10.2 Å². The first-order valence-electron chi connectivity index (χ1n) is 9.47. The van der Waals surface area contributed by atoms with E-state index in [0.29, 0.717) is 38.5 Å². The fourth-order valence-electron chi connectivity index (χ4n) is 3.58. The van der Waals surface area contributed by atoms with Crippen molar-refractivity contribution >= 4 is 27.7 Å². The molecule has 4 aromatic rings. The Balaban J connectivity index is 1.62. The van der Waals surface area contributed by atoms with Crippen LogP contribution in [0.1, 0.15) is 30.7 Å². The molecule has 156 valence electrons. The Morgan fingerprint density at radius 3 is 2.77 bits per heavy atom. The molecule has 0 spiro atoms. The number of benzene rings is 1. The molecule has 1 aliphatic rings. The quantitative estimate of drug-likeness (QED) is 0.440. The van der Waals surface area contributed by atoms with Gasteiger partial charge >= 0.3 is 0 Å². The summed E-state index contributed by atoms with van der Waals surface area (Å²) in [7, 11) is 0. The lowest BCUT2D eigenvalue weighted by molar-refractivity contribution is -0.119. The molecule has 1 aliphatic heterocycles. The van der Waals surface area contributed by atoms with Crippen molar-refractivity contribution in [3.8, 4) is 17.2 Å². The number of carbonyl (C=O) groups is 1. The zero-order valence-corrected chi connectivity index (χ0v) is 18.1. The SMILES string of the molecule is CC1(C)C(=O)Nc2nc(-n3cc(-c4ccon4)c(Cc4ccccc4F)n3)nc(Br)c21. The lowest BCUT2D eigenvalue weighted by atomic mass is 9.88. The first kappa shape index (κ1) is 19.6. The molecule has 1 N–H and O–H groups in total. The number of halogens is 2. The zero-order chi connectivity index (χ0) is 21.8. The summed E-state index contributed by atoms with van der Waals surface area (Å²) in [5.41, 5.74) is 2.26. The lowest BCUT2D eigenvalue weighted by Crippen LogP contribution is -2.27. The molecule has 0 radical (unpaired) electrons. The summed E-state index contributed by atoms with van der Waals surface area (Å²) in [5, 5.41) is 11.4. The Morgan fingerprint density at radius 1 is 1.23 bits per heavy atom. The Hall–Kier alpha value is -3.40. The number of fused-ring (bicyclic) bond motifs is 1. The minimum absolute atomic E-state index is 0.154. The summed E-state index contributed by atoms with van der Waals surface area (Å²) < 4.78 is 21.2. The molecule has 0 fully saturated rings. The molecule has 0 saturated carbocycles. The molecule has 31 heavy (non-hydrogen) atoms. The molecule has 0 aliphatic carbocycles. The van der Waals surface area contributed by atoms with E-state index in [1.54, 1.807) is 30.5 Å². The van der Waals surface area contributed by atoms with Crippen molar-refractivity contribution in [1.29, 1.82) is 0 Å². The van der Waals surface area contributed by atoms with Crippen molar-refractivity contribution in [2.45, 2.75) is 25.7 Å². The second-order valence-corrected chi connectivity index (χ2v) is 8.46. The van der Waals surface area contributed by atoms with Crippen LogP contribution in [0.2, 0.25) is 0 Å². The van der Waals surface area contributed by atoms with E-state index in [2.05, 4.69) is 41.5 Å². The van der Waals surface area contributed by atoms with Gasteiger partial charge in [-0.2, -0.15) is 10.1 Å². The van der Waals surface area contributed by atoms with Crippen molar-refractivity contribution in [3.05, 3.63) is 70.0 Å². The van der Waals surface area contributed by atoms with Gasteiger partial charge in [0.15, 0.2) is 0 Å². The average molecular weight is 483 g/mol. The zero-order valence-electron chi connectivity index (χ0n) is 16.6. The topological polar surface area (TPSA) is 98.7 Å².